The minimum atomic E-state index is 0.271. The molecule has 0 aromatic heterocycles. The van der Waals surface area contributed by atoms with Gasteiger partial charge in [0.05, 0.1) is 0 Å². The second-order valence-corrected chi connectivity index (χ2v) is 9.39. The van der Waals surface area contributed by atoms with Crippen molar-refractivity contribution in [1.29, 1.82) is 0 Å². The van der Waals surface area contributed by atoms with Gasteiger partial charge in [-0.3, -0.25) is 9.79 Å². The quantitative estimate of drug-likeness (QED) is 0.479. The number of aliphatic imine (C=N–C) groups is 1. The Morgan fingerprint density at radius 2 is 1.90 bits per heavy atom. The van der Waals surface area contributed by atoms with E-state index in [4.69, 9.17) is 9.73 Å². The van der Waals surface area contributed by atoms with Gasteiger partial charge in [-0.15, -0.1) is 0 Å². The number of hydrogen-bond donors (Lipinski definition) is 2. The molecule has 0 aromatic rings. The van der Waals surface area contributed by atoms with Gasteiger partial charge in [0.25, 0.3) is 0 Å². The van der Waals surface area contributed by atoms with Crippen LogP contribution in [-0.4, -0.2) is 62.7 Å². The number of nitrogens with one attached hydrogen (secondary N) is 2. The lowest BCUT2D eigenvalue weighted by atomic mass is 9.83. The normalized spacial score (nSPS) is 25.4. The zero-order chi connectivity index (χ0) is 20.5. The first-order valence-corrected chi connectivity index (χ1v) is 12.0. The number of guanidine groups is 1. The molecule has 3 rings (SSSR count). The van der Waals surface area contributed by atoms with Crippen LogP contribution in [0.4, 0.5) is 0 Å². The number of carbonyl (C=O) groups excluding carboxylic acids is 1. The lowest BCUT2D eigenvalue weighted by Crippen LogP contribution is -2.46. The van der Waals surface area contributed by atoms with E-state index in [1.807, 2.05) is 0 Å². The van der Waals surface area contributed by atoms with Crippen molar-refractivity contribution < 1.29 is 9.53 Å². The standard InChI is InChI=1S/C23H42N4O2/c1-3-24-22(25-18-23(14-16-29-2)12-7-8-13-23)26-20-11-15-27(17-20)21(28)19-9-5-4-6-10-19/h19-20H,3-18H2,1-2H3,(H2,24,25,26). The molecule has 0 bridgehead atoms. The van der Waals surface area contributed by atoms with E-state index in [0.717, 1.165) is 64.4 Å². The highest BCUT2D eigenvalue weighted by Crippen LogP contribution is 2.41. The van der Waals surface area contributed by atoms with Crippen molar-refractivity contribution in [2.24, 2.45) is 16.3 Å². The molecule has 6 nitrogen and oxygen atoms in total. The van der Waals surface area contributed by atoms with Gasteiger partial charge < -0.3 is 20.3 Å². The van der Waals surface area contributed by atoms with Crippen LogP contribution in [0.1, 0.15) is 77.6 Å². The van der Waals surface area contributed by atoms with E-state index in [-0.39, 0.29) is 5.92 Å². The summed E-state index contributed by atoms with van der Waals surface area (Å²) in [7, 11) is 1.79. The summed E-state index contributed by atoms with van der Waals surface area (Å²) in [4.78, 5) is 19.9. The Labute approximate surface area is 177 Å². The molecule has 1 saturated heterocycles. The highest BCUT2D eigenvalue weighted by atomic mass is 16.5. The second kappa shape index (κ2) is 11.2. The van der Waals surface area contributed by atoms with Crippen LogP contribution in [0.2, 0.25) is 0 Å². The number of likely N-dealkylation sites (tertiary alicyclic amines) is 1. The van der Waals surface area contributed by atoms with E-state index >= 15 is 0 Å². The molecular formula is C23H42N4O2. The number of methoxy groups -OCH3 is 1. The molecule has 0 aromatic carbocycles. The molecule has 2 saturated carbocycles. The van der Waals surface area contributed by atoms with Crippen molar-refractivity contribution in [3.63, 3.8) is 0 Å². The summed E-state index contributed by atoms with van der Waals surface area (Å²) in [5.74, 6) is 1.57. The maximum absolute atomic E-state index is 12.8. The van der Waals surface area contributed by atoms with Crippen molar-refractivity contribution >= 4 is 11.9 Å². The Bertz CT molecular complexity index is 539. The number of ether oxygens (including phenoxy) is 1. The van der Waals surface area contributed by atoms with Crippen molar-refractivity contribution in [1.82, 2.24) is 15.5 Å². The molecule has 0 spiro atoms. The SMILES string of the molecule is CCNC(=NCC1(CCOC)CCCC1)NC1CCN(C(=O)C2CCCCC2)C1. The Kier molecular flexibility index (Phi) is 8.64. The number of hydrogen-bond acceptors (Lipinski definition) is 3. The maximum Gasteiger partial charge on any atom is 0.225 e. The summed E-state index contributed by atoms with van der Waals surface area (Å²) in [6, 6.07) is 0.304. The fourth-order valence-electron chi connectivity index (χ4n) is 5.38. The fourth-order valence-corrected chi connectivity index (χ4v) is 5.38. The zero-order valence-corrected chi connectivity index (χ0v) is 18.7. The minimum Gasteiger partial charge on any atom is -0.385 e. The molecule has 1 amide bonds. The third-order valence-corrected chi connectivity index (χ3v) is 7.21. The van der Waals surface area contributed by atoms with E-state index in [1.165, 1.54) is 44.9 Å². The van der Waals surface area contributed by atoms with Crippen LogP contribution in [0.15, 0.2) is 4.99 Å². The van der Waals surface area contributed by atoms with Gasteiger partial charge in [0, 0.05) is 51.9 Å². The van der Waals surface area contributed by atoms with Crippen molar-refractivity contribution in [2.75, 3.05) is 39.9 Å². The monoisotopic (exact) mass is 406 g/mol. The largest absolute Gasteiger partial charge is 0.385 e. The molecule has 0 radical (unpaired) electrons. The highest BCUT2D eigenvalue weighted by molar-refractivity contribution is 5.81. The van der Waals surface area contributed by atoms with Gasteiger partial charge >= 0.3 is 0 Å². The highest BCUT2D eigenvalue weighted by Gasteiger charge is 2.34. The van der Waals surface area contributed by atoms with Crippen molar-refractivity contribution in [2.45, 2.75) is 83.6 Å². The molecule has 29 heavy (non-hydrogen) atoms. The third kappa shape index (κ3) is 6.34. The molecule has 1 aliphatic heterocycles. The predicted octanol–water partition coefficient (Wildman–Crippen LogP) is 3.32. The number of nitrogens with zero attached hydrogens (tertiary/aromatic N) is 2. The molecule has 3 aliphatic rings. The van der Waals surface area contributed by atoms with E-state index in [9.17, 15) is 4.79 Å². The van der Waals surface area contributed by atoms with Gasteiger partial charge in [0.15, 0.2) is 5.96 Å². The summed E-state index contributed by atoms with van der Waals surface area (Å²) >= 11 is 0. The van der Waals surface area contributed by atoms with Crippen LogP contribution >= 0.6 is 0 Å². The third-order valence-electron chi connectivity index (χ3n) is 7.21. The summed E-state index contributed by atoms with van der Waals surface area (Å²) in [5.41, 5.74) is 0.303. The van der Waals surface area contributed by atoms with Gasteiger partial charge in [-0.1, -0.05) is 32.1 Å². The first-order valence-electron chi connectivity index (χ1n) is 12.0. The average molecular weight is 407 g/mol. The van der Waals surface area contributed by atoms with Crippen LogP contribution in [0, 0.1) is 11.3 Å². The Morgan fingerprint density at radius 3 is 2.59 bits per heavy atom. The predicted molar refractivity (Wildman–Crippen MR) is 118 cm³/mol. The first kappa shape index (κ1) is 22.4. The average Bonchev–Trinajstić information content (AvgIpc) is 3.41. The maximum atomic E-state index is 12.8. The van der Waals surface area contributed by atoms with Gasteiger partial charge in [-0.25, -0.2) is 0 Å². The van der Waals surface area contributed by atoms with E-state index in [1.54, 1.807) is 7.11 Å². The Hall–Kier alpha value is -1.30. The molecule has 1 atom stereocenters. The van der Waals surface area contributed by atoms with E-state index in [2.05, 4.69) is 22.5 Å². The molecule has 1 unspecified atom stereocenters. The topological polar surface area (TPSA) is 66.0 Å². The molecular weight excluding hydrogens is 364 g/mol. The van der Waals surface area contributed by atoms with Crippen LogP contribution in [0.3, 0.4) is 0 Å². The number of rotatable bonds is 8. The van der Waals surface area contributed by atoms with E-state index < -0.39 is 0 Å². The molecule has 1 heterocycles. The molecule has 2 N–H and O–H groups in total. The summed E-state index contributed by atoms with van der Waals surface area (Å²) < 4.78 is 5.36. The van der Waals surface area contributed by atoms with Gasteiger partial charge in [-0.05, 0) is 50.9 Å². The van der Waals surface area contributed by atoms with Crippen LogP contribution in [-0.2, 0) is 9.53 Å². The molecule has 6 heteroatoms. The lowest BCUT2D eigenvalue weighted by molar-refractivity contribution is -0.135. The Morgan fingerprint density at radius 1 is 1.14 bits per heavy atom. The lowest BCUT2D eigenvalue weighted by Gasteiger charge is -2.28. The Balaban J connectivity index is 1.53. The fraction of sp³-hybridized carbons (Fsp3) is 0.913. The molecule has 3 fully saturated rings. The number of amides is 1. The van der Waals surface area contributed by atoms with Crippen LogP contribution in [0.25, 0.3) is 0 Å². The zero-order valence-electron chi connectivity index (χ0n) is 18.7. The number of carbonyl (C=O) groups is 1. The van der Waals surface area contributed by atoms with E-state index in [0.29, 0.717) is 17.4 Å². The first-order chi connectivity index (χ1) is 14.2. The summed E-state index contributed by atoms with van der Waals surface area (Å²) in [5, 5.41) is 7.03. The van der Waals surface area contributed by atoms with Gasteiger partial charge in [-0.2, -0.15) is 0 Å². The van der Waals surface area contributed by atoms with Crippen molar-refractivity contribution in [3.05, 3.63) is 0 Å². The van der Waals surface area contributed by atoms with Gasteiger partial charge in [0.2, 0.25) is 5.91 Å². The van der Waals surface area contributed by atoms with Crippen LogP contribution in [0.5, 0.6) is 0 Å². The summed E-state index contributed by atoms with van der Waals surface area (Å²) in [6.07, 6.45) is 13.1. The molecule has 2 aliphatic carbocycles. The molecule has 166 valence electrons. The smallest absolute Gasteiger partial charge is 0.225 e. The van der Waals surface area contributed by atoms with Crippen LogP contribution < -0.4 is 10.6 Å². The summed E-state index contributed by atoms with van der Waals surface area (Å²) in [6.45, 7) is 6.34. The second-order valence-electron chi connectivity index (χ2n) is 9.39. The minimum absolute atomic E-state index is 0.271. The van der Waals surface area contributed by atoms with Gasteiger partial charge in [0.1, 0.15) is 0 Å². The van der Waals surface area contributed by atoms with Crippen molar-refractivity contribution in [3.8, 4) is 0 Å².